The highest BCUT2D eigenvalue weighted by atomic mass is 32.1. The van der Waals surface area contributed by atoms with E-state index in [1.54, 1.807) is 0 Å². The van der Waals surface area contributed by atoms with Gasteiger partial charge >= 0.3 is 0 Å². The Morgan fingerprint density at radius 1 is 1.21 bits per heavy atom. The Morgan fingerprint density at radius 3 is 2.68 bits per heavy atom. The minimum absolute atomic E-state index is 0.570. The molecule has 1 unspecified atom stereocenters. The van der Waals surface area contributed by atoms with E-state index in [9.17, 15) is 0 Å². The summed E-state index contributed by atoms with van der Waals surface area (Å²) < 4.78 is 3.11. The molecule has 2 fully saturated rings. The van der Waals surface area contributed by atoms with Crippen LogP contribution in [-0.2, 0) is 0 Å². The summed E-state index contributed by atoms with van der Waals surface area (Å²) in [5.74, 6) is 1.10. The van der Waals surface area contributed by atoms with Crippen LogP contribution < -0.4 is 4.90 Å². The summed E-state index contributed by atoms with van der Waals surface area (Å²) in [6.07, 6.45) is 10.3. The normalized spacial score (nSPS) is 25.1. The molecule has 1 aromatic rings. The fraction of sp³-hybridized carbons (Fsp3) is 0.857. The van der Waals surface area contributed by atoms with Crippen LogP contribution in [-0.4, -0.2) is 27.4 Å². The number of rotatable bonds is 3. The predicted molar refractivity (Wildman–Crippen MR) is 80.2 cm³/mol. The third-order valence-corrected chi connectivity index (χ3v) is 5.02. The van der Waals surface area contributed by atoms with Gasteiger partial charge in [-0.05, 0) is 50.7 Å². The number of hydrogen-bond donors (Lipinski definition) is 1. The third kappa shape index (κ3) is 2.45. The van der Waals surface area contributed by atoms with Crippen molar-refractivity contribution in [2.24, 2.45) is 0 Å². The average Bonchev–Trinajstić information content (AvgIpc) is 3.07. The largest absolute Gasteiger partial charge is 0.338 e. The second-order valence-corrected chi connectivity index (χ2v) is 6.27. The number of piperidine rings is 1. The Hall–Kier alpha value is -0.840. The Kier molecular flexibility index (Phi) is 3.91. The molecule has 2 aliphatic rings. The summed E-state index contributed by atoms with van der Waals surface area (Å²) in [5.41, 5.74) is 0. The molecule has 1 aliphatic carbocycles. The van der Waals surface area contributed by atoms with E-state index in [-0.39, 0.29) is 0 Å². The fourth-order valence-electron chi connectivity index (χ4n) is 3.68. The molecule has 19 heavy (non-hydrogen) atoms. The minimum Gasteiger partial charge on any atom is -0.338 e. The van der Waals surface area contributed by atoms with Crippen LogP contribution in [0.3, 0.4) is 0 Å². The second-order valence-electron chi connectivity index (χ2n) is 5.89. The lowest BCUT2D eigenvalue weighted by atomic mass is 10.0. The zero-order valence-corrected chi connectivity index (χ0v) is 12.6. The molecule has 0 amide bonds. The van der Waals surface area contributed by atoms with Gasteiger partial charge in [-0.25, -0.2) is 5.10 Å². The number of aromatic nitrogens is 3. The SMILES string of the molecule is CCC1CCCCN1c1n[nH]c(=S)n1C1CCCC1. The van der Waals surface area contributed by atoms with E-state index in [4.69, 9.17) is 12.2 Å². The molecular formula is C14H24N4S. The molecule has 5 heteroatoms. The molecule has 1 N–H and O–H groups in total. The molecule has 0 aromatic carbocycles. The lowest BCUT2D eigenvalue weighted by Crippen LogP contribution is -2.41. The molecule has 1 aliphatic heterocycles. The van der Waals surface area contributed by atoms with Crippen LogP contribution >= 0.6 is 12.2 Å². The molecule has 3 rings (SSSR count). The number of nitrogens with zero attached hydrogens (tertiary/aromatic N) is 3. The molecule has 1 atom stereocenters. The van der Waals surface area contributed by atoms with Crippen LogP contribution in [0, 0.1) is 4.77 Å². The predicted octanol–water partition coefficient (Wildman–Crippen LogP) is 3.82. The van der Waals surface area contributed by atoms with Crippen LogP contribution in [0.1, 0.15) is 64.3 Å². The zero-order valence-electron chi connectivity index (χ0n) is 11.8. The molecule has 4 nitrogen and oxygen atoms in total. The maximum Gasteiger partial charge on any atom is 0.226 e. The standard InChI is InChI=1S/C14H24N4S/c1-2-11-7-5-6-10-17(11)13-15-16-14(19)18(13)12-8-3-4-9-12/h11-12H,2-10H2,1H3,(H,16,19). The molecule has 1 saturated heterocycles. The van der Waals surface area contributed by atoms with Gasteiger partial charge in [0, 0.05) is 18.6 Å². The van der Waals surface area contributed by atoms with Gasteiger partial charge < -0.3 is 4.90 Å². The number of aromatic amines is 1. The Bertz CT molecular complexity index is 472. The molecule has 1 saturated carbocycles. The highest BCUT2D eigenvalue weighted by Gasteiger charge is 2.28. The average molecular weight is 280 g/mol. The summed E-state index contributed by atoms with van der Waals surface area (Å²) in [5, 5.41) is 7.58. The van der Waals surface area contributed by atoms with E-state index >= 15 is 0 Å². The van der Waals surface area contributed by atoms with Gasteiger partial charge in [-0.3, -0.25) is 4.57 Å². The molecule has 0 radical (unpaired) electrons. The summed E-state index contributed by atoms with van der Waals surface area (Å²) >= 11 is 5.47. The van der Waals surface area contributed by atoms with Crippen LogP contribution in [0.4, 0.5) is 5.95 Å². The summed E-state index contributed by atoms with van der Waals surface area (Å²) in [4.78, 5) is 2.49. The van der Waals surface area contributed by atoms with Crippen molar-refractivity contribution in [2.45, 2.75) is 70.4 Å². The van der Waals surface area contributed by atoms with Crippen molar-refractivity contribution in [1.82, 2.24) is 14.8 Å². The zero-order chi connectivity index (χ0) is 13.2. The van der Waals surface area contributed by atoms with Gasteiger partial charge in [0.05, 0.1) is 0 Å². The number of nitrogens with one attached hydrogen (secondary N) is 1. The van der Waals surface area contributed by atoms with E-state index in [1.165, 1.54) is 51.4 Å². The van der Waals surface area contributed by atoms with Gasteiger partial charge in [0.2, 0.25) is 5.95 Å². The van der Waals surface area contributed by atoms with Crippen molar-refractivity contribution in [3.05, 3.63) is 4.77 Å². The number of hydrogen-bond acceptors (Lipinski definition) is 3. The van der Waals surface area contributed by atoms with Crippen LogP contribution in [0.2, 0.25) is 0 Å². The molecule has 106 valence electrons. The first kappa shape index (κ1) is 13.2. The smallest absolute Gasteiger partial charge is 0.226 e. The maximum atomic E-state index is 5.47. The van der Waals surface area contributed by atoms with E-state index in [0.717, 1.165) is 17.3 Å². The first-order valence-electron chi connectivity index (χ1n) is 7.74. The molecule has 0 spiro atoms. The van der Waals surface area contributed by atoms with Crippen molar-refractivity contribution >= 4 is 18.2 Å². The first-order chi connectivity index (χ1) is 9.31. The van der Waals surface area contributed by atoms with Crippen LogP contribution in [0.15, 0.2) is 0 Å². The highest BCUT2D eigenvalue weighted by Crippen LogP contribution is 2.34. The van der Waals surface area contributed by atoms with E-state index < -0.39 is 0 Å². The third-order valence-electron chi connectivity index (χ3n) is 4.73. The van der Waals surface area contributed by atoms with Crippen molar-refractivity contribution in [3.63, 3.8) is 0 Å². The number of anilines is 1. The summed E-state index contributed by atoms with van der Waals surface area (Å²) in [6, 6.07) is 1.21. The molecule has 0 bridgehead atoms. The van der Waals surface area contributed by atoms with E-state index in [2.05, 4.69) is 26.6 Å². The molecular weight excluding hydrogens is 256 g/mol. The quantitative estimate of drug-likeness (QED) is 0.855. The highest BCUT2D eigenvalue weighted by molar-refractivity contribution is 7.71. The van der Waals surface area contributed by atoms with Gasteiger partial charge in [-0.2, -0.15) is 0 Å². The Labute approximate surface area is 120 Å². The van der Waals surface area contributed by atoms with Gasteiger partial charge in [0.25, 0.3) is 0 Å². The van der Waals surface area contributed by atoms with Crippen molar-refractivity contribution < 1.29 is 0 Å². The summed E-state index contributed by atoms with van der Waals surface area (Å²) in [6.45, 7) is 3.41. The Morgan fingerprint density at radius 2 is 1.95 bits per heavy atom. The first-order valence-corrected chi connectivity index (χ1v) is 8.15. The van der Waals surface area contributed by atoms with Crippen LogP contribution in [0.5, 0.6) is 0 Å². The van der Waals surface area contributed by atoms with Crippen LogP contribution in [0.25, 0.3) is 0 Å². The molecule has 2 heterocycles. The molecule has 1 aromatic heterocycles. The Balaban J connectivity index is 1.93. The minimum atomic E-state index is 0.570. The topological polar surface area (TPSA) is 36.9 Å². The lowest BCUT2D eigenvalue weighted by Gasteiger charge is -2.36. The van der Waals surface area contributed by atoms with Crippen molar-refractivity contribution in [1.29, 1.82) is 0 Å². The monoisotopic (exact) mass is 280 g/mol. The number of H-pyrrole nitrogens is 1. The second kappa shape index (κ2) is 5.65. The van der Waals surface area contributed by atoms with E-state index in [0.29, 0.717) is 12.1 Å². The maximum absolute atomic E-state index is 5.47. The fourth-order valence-corrected chi connectivity index (χ4v) is 3.96. The lowest BCUT2D eigenvalue weighted by molar-refractivity contribution is 0.424. The van der Waals surface area contributed by atoms with Gasteiger partial charge in [-0.1, -0.05) is 19.8 Å². The van der Waals surface area contributed by atoms with Crippen molar-refractivity contribution in [2.75, 3.05) is 11.4 Å². The summed E-state index contributed by atoms with van der Waals surface area (Å²) in [7, 11) is 0. The van der Waals surface area contributed by atoms with Gasteiger partial charge in [0.15, 0.2) is 4.77 Å². The van der Waals surface area contributed by atoms with E-state index in [1.807, 2.05) is 0 Å². The van der Waals surface area contributed by atoms with Crippen molar-refractivity contribution in [3.8, 4) is 0 Å². The van der Waals surface area contributed by atoms with Gasteiger partial charge in [-0.15, -0.1) is 5.10 Å². The van der Waals surface area contributed by atoms with Gasteiger partial charge in [0.1, 0.15) is 0 Å².